The number of benzene rings is 2. The van der Waals surface area contributed by atoms with E-state index in [9.17, 15) is 4.79 Å². The largest absolute Gasteiger partial charge is 0.340 e. The fraction of sp³-hybridized carbons (Fsp3) is 0.286. The summed E-state index contributed by atoms with van der Waals surface area (Å²) < 4.78 is 2.07. The first-order valence-corrected chi connectivity index (χ1v) is 8.84. The molecule has 0 radical (unpaired) electrons. The van der Waals surface area contributed by atoms with Crippen molar-refractivity contribution in [3.05, 3.63) is 65.5 Å². The van der Waals surface area contributed by atoms with Gasteiger partial charge in [0.2, 0.25) is 5.91 Å². The number of hydrogen-bond donors (Lipinski definition) is 0. The highest BCUT2D eigenvalue weighted by Gasteiger charge is 2.30. The van der Waals surface area contributed by atoms with Crippen molar-refractivity contribution in [2.45, 2.75) is 31.8 Å². The van der Waals surface area contributed by atoms with Crippen molar-refractivity contribution in [2.75, 3.05) is 7.05 Å². The number of hydrogen-bond acceptors (Lipinski definition) is 3. The fourth-order valence-electron chi connectivity index (χ4n) is 3.22. The van der Waals surface area contributed by atoms with E-state index in [0.717, 1.165) is 35.3 Å². The topological polar surface area (TPSA) is 61.9 Å². The zero-order valence-electron chi connectivity index (χ0n) is 14.7. The van der Waals surface area contributed by atoms with Gasteiger partial charge >= 0.3 is 0 Å². The molecule has 0 spiro atoms. The predicted octanol–water partition coefficient (Wildman–Crippen LogP) is 3.44. The van der Waals surface area contributed by atoms with Gasteiger partial charge in [0, 0.05) is 19.5 Å². The monoisotopic (exact) mass is 344 g/mol. The van der Waals surface area contributed by atoms with Crippen LogP contribution in [0.4, 0.5) is 0 Å². The molecule has 130 valence electrons. The first kappa shape index (κ1) is 16.3. The predicted molar refractivity (Wildman–Crippen MR) is 99.3 cm³/mol. The maximum atomic E-state index is 12.8. The Labute approximate surface area is 152 Å². The Bertz CT molecular complexity index is 993. The van der Waals surface area contributed by atoms with Crippen molar-refractivity contribution in [3.8, 4) is 6.07 Å². The standard InChI is InChI=1S/C21H20N4O/c1-24(13-16-8-6-15(12-22)7-9-16)20(26)14-25-19-5-3-2-4-18(19)23-21(25)17-10-11-17/h2-9,17H,10-11,13-14H2,1H3. The van der Waals surface area contributed by atoms with Crippen LogP contribution in [0.5, 0.6) is 0 Å². The van der Waals surface area contributed by atoms with Crippen LogP contribution >= 0.6 is 0 Å². The lowest BCUT2D eigenvalue weighted by Crippen LogP contribution is -2.30. The summed E-state index contributed by atoms with van der Waals surface area (Å²) >= 11 is 0. The second-order valence-corrected chi connectivity index (χ2v) is 6.88. The molecule has 5 nitrogen and oxygen atoms in total. The van der Waals surface area contributed by atoms with Crippen LogP contribution in [0.3, 0.4) is 0 Å². The SMILES string of the molecule is CN(Cc1ccc(C#N)cc1)C(=O)Cn1c(C2CC2)nc2ccccc21. The summed E-state index contributed by atoms with van der Waals surface area (Å²) in [5.74, 6) is 1.57. The number of nitriles is 1. The second kappa shape index (κ2) is 6.64. The molecule has 26 heavy (non-hydrogen) atoms. The summed E-state index contributed by atoms with van der Waals surface area (Å²) in [4.78, 5) is 19.3. The lowest BCUT2D eigenvalue weighted by Gasteiger charge is -2.19. The number of amides is 1. The Balaban J connectivity index is 1.53. The molecule has 1 aliphatic rings. The maximum absolute atomic E-state index is 12.8. The number of para-hydroxylation sites is 2. The molecule has 1 aliphatic carbocycles. The highest BCUT2D eigenvalue weighted by atomic mass is 16.2. The van der Waals surface area contributed by atoms with E-state index in [1.54, 1.807) is 17.0 Å². The van der Waals surface area contributed by atoms with E-state index in [4.69, 9.17) is 10.2 Å². The normalized spacial score (nSPS) is 13.5. The number of imidazole rings is 1. The van der Waals surface area contributed by atoms with Crippen LogP contribution in [0.1, 0.15) is 35.7 Å². The minimum atomic E-state index is 0.0550. The Morgan fingerprint density at radius 3 is 2.65 bits per heavy atom. The number of aromatic nitrogens is 2. The third-order valence-electron chi connectivity index (χ3n) is 4.85. The molecule has 0 unspecified atom stereocenters. The molecule has 1 aromatic heterocycles. The van der Waals surface area contributed by atoms with Gasteiger partial charge in [0.25, 0.3) is 0 Å². The van der Waals surface area contributed by atoms with Gasteiger partial charge in [-0.1, -0.05) is 24.3 Å². The van der Waals surface area contributed by atoms with Crippen LogP contribution in [0.25, 0.3) is 11.0 Å². The number of likely N-dealkylation sites (N-methyl/N-ethyl adjacent to an activating group) is 1. The fourth-order valence-corrected chi connectivity index (χ4v) is 3.22. The van der Waals surface area contributed by atoms with Gasteiger partial charge < -0.3 is 9.47 Å². The number of nitrogens with zero attached hydrogens (tertiary/aromatic N) is 4. The zero-order chi connectivity index (χ0) is 18.1. The first-order chi connectivity index (χ1) is 12.7. The number of carbonyl (C=O) groups is 1. The minimum Gasteiger partial charge on any atom is -0.340 e. The maximum Gasteiger partial charge on any atom is 0.242 e. The molecule has 3 aromatic rings. The first-order valence-electron chi connectivity index (χ1n) is 8.84. The van der Waals surface area contributed by atoms with Gasteiger partial charge in [0.15, 0.2) is 0 Å². The second-order valence-electron chi connectivity index (χ2n) is 6.88. The van der Waals surface area contributed by atoms with Gasteiger partial charge in [-0.15, -0.1) is 0 Å². The lowest BCUT2D eigenvalue weighted by molar-refractivity contribution is -0.131. The summed E-state index contributed by atoms with van der Waals surface area (Å²) in [6, 6.07) is 17.5. The Hall–Kier alpha value is -3.13. The number of carbonyl (C=O) groups excluding carboxylic acids is 1. The average molecular weight is 344 g/mol. The van der Waals surface area contributed by atoms with E-state index in [0.29, 0.717) is 24.6 Å². The van der Waals surface area contributed by atoms with Crippen LogP contribution in [-0.2, 0) is 17.9 Å². The molecule has 4 rings (SSSR count). The van der Waals surface area contributed by atoms with Crippen LogP contribution in [0.15, 0.2) is 48.5 Å². The molecule has 1 saturated carbocycles. The molecular formula is C21H20N4O. The Kier molecular flexibility index (Phi) is 4.18. The average Bonchev–Trinajstić information content (AvgIpc) is 3.45. The summed E-state index contributed by atoms with van der Waals surface area (Å²) in [6.45, 7) is 0.828. The molecular weight excluding hydrogens is 324 g/mol. The third-order valence-corrected chi connectivity index (χ3v) is 4.85. The van der Waals surface area contributed by atoms with Crippen molar-refractivity contribution < 1.29 is 4.79 Å². The van der Waals surface area contributed by atoms with Crippen molar-refractivity contribution in [1.82, 2.24) is 14.5 Å². The molecule has 0 atom stereocenters. The van der Waals surface area contributed by atoms with Crippen molar-refractivity contribution in [2.24, 2.45) is 0 Å². The quantitative estimate of drug-likeness (QED) is 0.712. The molecule has 1 amide bonds. The van der Waals surface area contributed by atoms with E-state index in [1.807, 2.05) is 43.4 Å². The van der Waals surface area contributed by atoms with Crippen molar-refractivity contribution in [3.63, 3.8) is 0 Å². The van der Waals surface area contributed by atoms with Gasteiger partial charge in [-0.2, -0.15) is 5.26 Å². The van der Waals surface area contributed by atoms with Crippen LogP contribution < -0.4 is 0 Å². The van der Waals surface area contributed by atoms with Crippen molar-refractivity contribution >= 4 is 16.9 Å². The van der Waals surface area contributed by atoms with Gasteiger partial charge in [0.05, 0.1) is 22.7 Å². The van der Waals surface area contributed by atoms with E-state index in [2.05, 4.69) is 10.6 Å². The number of fused-ring (bicyclic) bond motifs is 1. The Morgan fingerprint density at radius 1 is 1.23 bits per heavy atom. The highest BCUT2D eigenvalue weighted by molar-refractivity contribution is 5.81. The molecule has 0 N–H and O–H groups in total. The van der Waals surface area contributed by atoms with E-state index < -0.39 is 0 Å². The van der Waals surface area contributed by atoms with E-state index >= 15 is 0 Å². The Morgan fingerprint density at radius 2 is 1.96 bits per heavy atom. The van der Waals surface area contributed by atoms with Gasteiger partial charge in [0.1, 0.15) is 12.4 Å². The van der Waals surface area contributed by atoms with Crippen LogP contribution in [0, 0.1) is 11.3 Å². The van der Waals surface area contributed by atoms with Crippen LogP contribution in [-0.4, -0.2) is 27.4 Å². The number of rotatable bonds is 5. The van der Waals surface area contributed by atoms with Crippen LogP contribution in [0.2, 0.25) is 0 Å². The summed E-state index contributed by atoms with van der Waals surface area (Å²) in [5, 5.41) is 8.88. The van der Waals surface area contributed by atoms with Gasteiger partial charge in [-0.3, -0.25) is 4.79 Å². The van der Waals surface area contributed by atoms with E-state index in [-0.39, 0.29) is 5.91 Å². The smallest absolute Gasteiger partial charge is 0.242 e. The molecule has 2 aromatic carbocycles. The van der Waals surface area contributed by atoms with Gasteiger partial charge in [-0.05, 0) is 42.7 Å². The molecule has 5 heteroatoms. The minimum absolute atomic E-state index is 0.0550. The van der Waals surface area contributed by atoms with Gasteiger partial charge in [-0.25, -0.2) is 4.98 Å². The molecule has 0 bridgehead atoms. The summed E-state index contributed by atoms with van der Waals surface area (Å²) in [6.07, 6.45) is 2.30. The molecule has 1 heterocycles. The molecule has 1 fully saturated rings. The lowest BCUT2D eigenvalue weighted by atomic mass is 10.1. The van der Waals surface area contributed by atoms with Crippen molar-refractivity contribution in [1.29, 1.82) is 5.26 Å². The zero-order valence-corrected chi connectivity index (χ0v) is 14.7. The summed E-state index contributed by atoms with van der Waals surface area (Å²) in [7, 11) is 1.82. The highest BCUT2D eigenvalue weighted by Crippen LogP contribution is 2.40. The molecule has 0 saturated heterocycles. The molecule has 0 aliphatic heterocycles. The third kappa shape index (κ3) is 3.18. The van der Waals surface area contributed by atoms with E-state index in [1.165, 1.54) is 0 Å². The summed E-state index contributed by atoms with van der Waals surface area (Å²) in [5.41, 5.74) is 3.62.